The molecule has 0 radical (unpaired) electrons. The lowest BCUT2D eigenvalue weighted by atomic mass is 9.89. The molecular weight excluding hydrogens is 492 g/mol. The second-order valence-electron chi connectivity index (χ2n) is 9.72. The number of halogens is 2. The van der Waals surface area contributed by atoms with Gasteiger partial charge in [-0.3, -0.25) is 9.59 Å². The van der Waals surface area contributed by atoms with Crippen LogP contribution in [0, 0.1) is 11.6 Å². The number of methoxy groups -OCH3 is 1. The van der Waals surface area contributed by atoms with E-state index in [1.54, 1.807) is 0 Å². The van der Waals surface area contributed by atoms with Gasteiger partial charge in [0.25, 0.3) is 0 Å². The van der Waals surface area contributed by atoms with E-state index in [1.165, 1.54) is 34.6 Å². The largest absolute Gasteiger partial charge is 0.467 e. The van der Waals surface area contributed by atoms with E-state index in [0.717, 1.165) is 44.1 Å². The summed E-state index contributed by atoms with van der Waals surface area (Å²) in [6.45, 7) is 2.86. The highest BCUT2D eigenvalue weighted by Crippen LogP contribution is 2.28. The lowest BCUT2D eigenvalue weighted by Gasteiger charge is -2.40. The topological polar surface area (TPSA) is 70.2 Å². The molecule has 0 saturated carbocycles. The summed E-state index contributed by atoms with van der Waals surface area (Å²) in [6.07, 6.45) is 4.89. The molecule has 4 rings (SSSR count). The predicted molar refractivity (Wildman–Crippen MR) is 139 cm³/mol. The average Bonchev–Trinajstić information content (AvgIpc) is 2.94. The number of hydrogen-bond donors (Lipinski definition) is 0. The van der Waals surface area contributed by atoms with Gasteiger partial charge in [0, 0.05) is 38.2 Å². The maximum absolute atomic E-state index is 13.4. The molecule has 2 aromatic carbocycles. The number of likely N-dealkylation sites (tertiary alicyclic amines) is 1. The monoisotopic (exact) mass is 525 g/mol. The molecule has 0 spiro atoms. The zero-order chi connectivity index (χ0) is 27.1. The van der Waals surface area contributed by atoms with Gasteiger partial charge in [0.2, 0.25) is 11.8 Å². The van der Waals surface area contributed by atoms with Crippen LogP contribution in [0.15, 0.2) is 54.6 Å². The van der Waals surface area contributed by atoms with Crippen LogP contribution in [0.3, 0.4) is 0 Å². The van der Waals surface area contributed by atoms with E-state index in [9.17, 15) is 23.2 Å². The molecular formula is C29H33F2N3O4. The third-order valence-corrected chi connectivity index (χ3v) is 7.29. The van der Waals surface area contributed by atoms with E-state index in [-0.39, 0.29) is 37.5 Å². The summed E-state index contributed by atoms with van der Waals surface area (Å²) in [7, 11) is 1.25. The molecule has 2 aliphatic heterocycles. The van der Waals surface area contributed by atoms with Gasteiger partial charge < -0.3 is 19.4 Å². The second kappa shape index (κ2) is 12.8. The van der Waals surface area contributed by atoms with Gasteiger partial charge in [-0.1, -0.05) is 30.3 Å². The first-order valence-electron chi connectivity index (χ1n) is 12.9. The van der Waals surface area contributed by atoms with Crippen LogP contribution in [0.25, 0.3) is 6.08 Å². The molecule has 2 heterocycles. The van der Waals surface area contributed by atoms with Crippen molar-refractivity contribution in [2.24, 2.45) is 0 Å². The molecule has 1 atom stereocenters. The standard InChI is InChI=1S/C29H33F2N3O4/c1-38-29(37)26-20-33(27(35)8-7-21-17-24(30)19-25(31)18-21)15-16-34(26)28(36)11-14-32-12-9-23(10-13-32)22-5-3-2-4-6-22/h2-8,17-19,23,26H,9-16,20H2,1H3. The van der Waals surface area contributed by atoms with Gasteiger partial charge in [0.05, 0.1) is 13.7 Å². The molecule has 2 fully saturated rings. The van der Waals surface area contributed by atoms with Gasteiger partial charge in [0.15, 0.2) is 0 Å². The Morgan fingerprint density at radius 1 is 0.974 bits per heavy atom. The summed E-state index contributed by atoms with van der Waals surface area (Å²) in [5, 5.41) is 0. The smallest absolute Gasteiger partial charge is 0.330 e. The highest BCUT2D eigenvalue weighted by atomic mass is 19.1. The quantitative estimate of drug-likeness (QED) is 0.409. The summed E-state index contributed by atoms with van der Waals surface area (Å²) < 4.78 is 31.7. The number of amides is 2. The van der Waals surface area contributed by atoms with Crippen LogP contribution in [0.4, 0.5) is 8.78 Å². The number of esters is 1. The van der Waals surface area contributed by atoms with Crippen molar-refractivity contribution in [2.45, 2.75) is 31.2 Å². The Morgan fingerprint density at radius 2 is 1.66 bits per heavy atom. The van der Waals surface area contributed by atoms with Crippen molar-refractivity contribution in [2.75, 3.05) is 46.4 Å². The Kier molecular flexibility index (Phi) is 9.23. The molecule has 2 saturated heterocycles. The van der Waals surface area contributed by atoms with Crippen molar-refractivity contribution in [1.82, 2.24) is 14.7 Å². The molecule has 0 bridgehead atoms. The fraction of sp³-hybridized carbons (Fsp3) is 0.414. The fourth-order valence-corrected chi connectivity index (χ4v) is 5.18. The van der Waals surface area contributed by atoms with Crippen LogP contribution in [0.5, 0.6) is 0 Å². The van der Waals surface area contributed by atoms with Crippen molar-refractivity contribution in [3.8, 4) is 0 Å². The normalized spacial score (nSPS) is 19.1. The second-order valence-corrected chi connectivity index (χ2v) is 9.72. The highest BCUT2D eigenvalue weighted by Gasteiger charge is 2.37. The summed E-state index contributed by atoms with van der Waals surface area (Å²) in [5.74, 6) is -2.10. The lowest BCUT2D eigenvalue weighted by Crippen LogP contribution is -2.59. The minimum absolute atomic E-state index is 0.0123. The molecule has 9 heteroatoms. The van der Waals surface area contributed by atoms with Crippen LogP contribution >= 0.6 is 0 Å². The van der Waals surface area contributed by atoms with Gasteiger partial charge in [0.1, 0.15) is 17.7 Å². The van der Waals surface area contributed by atoms with Gasteiger partial charge in [-0.25, -0.2) is 13.6 Å². The van der Waals surface area contributed by atoms with E-state index in [0.29, 0.717) is 12.5 Å². The molecule has 1 unspecified atom stereocenters. The number of ether oxygens (including phenoxy) is 1. The number of nitrogens with zero attached hydrogens (tertiary/aromatic N) is 3. The molecule has 38 heavy (non-hydrogen) atoms. The number of piperazine rings is 1. The summed E-state index contributed by atoms with van der Waals surface area (Å²) >= 11 is 0. The summed E-state index contributed by atoms with van der Waals surface area (Å²) in [5.41, 5.74) is 1.57. The van der Waals surface area contributed by atoms with Crippen molar-refractivity contribution >= 4 is 23.9 Å². The molecule has 2 amide bonds. The molecule has 2 aromatic rings. The van der Waals surface area contributed by atoms with Crippen LogP contribution in [0.1, 0.15) is 36.3 Å². The summed E-state index contributed by atoms with van der Waals surface area (Å²) in [4.78, 5) is 43.6. The average molecular weight is 526 g/mol. The zero-order valence-electron chi connectivity index (χ0n) is 21.5. The van der Waals surface area contributed by atoms with E-state index >= 15 is 0 Å². The maximum atomic E-state index is 13.4. The molecule has 0 aliphatic carbocycles. The van der Waals surface area contributed by atoms with E-state index in [2.05, 4.69) is 29.2 Å². The lowest BCUT2D eigenvalue weighted by molar-refractivity contribution is -0.158. The van der Waals surface area contributed by atoms with E-state index in [1.807, 2.05) is 6.07 Å². The number of rotatable bonds is 7. The maximum Gasteiger partial charge on any atom is 0.330 e. The molecule has 2 aliphatic rings. The van der Waals surface area contributed by atoms with E-state index in [4.69, 9.17) is 4.74 Å². The molecule has 7 nitrogen and oxygen atoms in total. The number of carbonyl (C=O) groups excluding carboxylic acids is 3. The van der Waals surface area contributed by atoms with Gasteiger partial charge in [-0.15, -0.1) is 0 Å². The first-order chi connectivity index (χ1) is 18.3. The minimum Gasteiger partial charge on any atom is -0.467 e. The Labute approximate surface area is 221 Å². The van der Waals surface area contributed by atoms with Crippen LogP contribution in [-0.4, -0.2) is 84.9 Å². The highest BCUT2D eigenvalue weighted by molar-refractivity contribution is 5.93. The Balaban J connectivity index is 1.30. The molecule has 202 valence electrons. The van der Waals surface area contributed by atoms with Gasteiger partial charge >= 0.3 is 5.97 Å². The van der Waals surface area contributed by atoms with Crippen molar-refractivity contribution in [1.29, 1.82) is 0 Å². The number of hydrogen-bond acceptors (Lipinski definition) is 5. The number of piperidine rings is 1. The minimum atomic E-state index is -0.908. The zero-order valence-corrected chi connectivity index (χ0v) is 21.5. The van der Waals surface area contributed by atoms with Gasteiger partial charge in [-0.2, -0.15) is 0 Å². The third kappa shape index (κ3) is 7.04. The molecule has 0 N–H and O–H groups in total. The van der Waals surface area contributed by atoms with Crippen LogP contribution < -0.4 is 0 Å². The van der Waals surface area contributed by atoms with Crippen LogP contribution in [0.2, 0.25) is 0 Å². The Bertz CT molecular complexity index is 1150. The van der Waals surface area contributed by atoms with Crippen LogP contribution in [-0.2, 0) is 19.1 Å². The van der Waals surface area contributed by atoms with Crippen molar-refractivity contribution < 1.29 is 27.9 Å². The fourth-order valence-electron chi connectivity index (χ4n) is 5.18. The first kappa shape index (κ1) is 27.4. The number of benzene rings is 2. The predicted octanol–water partition coefficient (Wildman–Crippen LogP) is 3.46. The number of carbonyl (C=O) groups is 3. The van der Waals surface area contributed by atoms with Crippen molar-refractivity contribution in [3.05, 3.63) is 77.4 Å². The molecule has 0 aromatic heterocycles. The SMILES string of the molecule is COC(=O)C1CN(C(=O)C=Cc2cc(F)cc(F)c2)CCN1C(=O)CCN1CCC(c2ccccc2)CC1. The van der Waals surface area contributed by atoms with Gasteiger partial charge in [-0.05, 0) is 61.2 Å². The first-order valence-corrected chi connectivity index (χ1v) is 12.9. The van der Waals surface area contributed by atoms with Crippen molar-refractivity contribution in [3.63, 3.8) is 0 Å². The Morgan fingerprint density at radius 3 is 2.32 bits per heavy atom. The Hall–Kier alpha value is -3.59. The third-order valence-electron chi connectivity index (χ3n) is 7.29. The summed E-state index contributed by atoms with van der Waals surface area (Å²) in [6, 6.07) is 12.6. The van der Waals surface area contributed by atoms with E-state index < -0.39 is 29.6 Å².